The van der Waals surface area contributed by atoms with E-state index >= 15 is 0 Å². The van der Waals surface area contributed by atoms with E-state index in [1.165, 1.54) is 6.33 Å². The Balaban J connectivity index is 1.89. The molecule has 126 valence electrons. The number of pyridine rings is 1. The Morgan fingerprint density at radius 3 is 3.04 bits per heavy atom. The van der Waals surface area contributed by atoms with Crippen LogP contribution < -0.4 is 5.32 Å². The first-order chi connectivity index (χ1) is 12.2. The number of carbonyl (C=O) groups is 1. The lowest BCUT2D eigenvalue weighted by molar-refractivity contribution is -0.139. The van der Waals surface area contributed by atoms with Gasteiger partial charge < -0.3 is 10.1 Å². The fourth-order valence-electron chi connectivity index (χ4n) is 3.14. The molecule has 2 aromatic heterocycles. The number of carbonyl (C=O) groups excluding carboxylic acids is 1. The lowest BCUT2D eigenvalue weighted by Gasteiger charge is -2.28. The molecule has 0 fully saturated rings. The van der Waals surface area contributed by atoms with Crippen LogP contribution in [0.2, 0.25) is 0 Å². The van der Waals surface area contributed by atoms with Gasteiger partial charge in [0.1, 0.15) is 12.4 Å². The largest absolute Gasteiger partial charge is 0.463 e. The minimum Gasteiger partial charge on any atom is -0.463 e. The molecule has 1 aliphatic heterocycles. The number of rotatable bonds is 3. The molecule has 0 radical (unpaired) electrons. The van der Waals surface area contributed by atoms with Crippen LogP contribution in [0, 0.1) is 0 Å². The standard InChI is InChI=1S/C18H17N5O2/c1-3-25-17(24)15-11(2)22-18-20-10-21-23(18)16(15)13-6-7-14-12(9-13)5-4-8-19-14/h4-10,16H,3H2,1-2H3,(H,20,21,22)/t16-/m1/s1. The van der Waals surface area contributed by atoms with Crippen LogP contribution in [0.15, 0.2) is 54.1 Å². The quantitative estimate of drug-likeness (QED) is 0.741. The van der Waals surface area contributed by atoms with E-state index in [1.807, 2.05) is 37.3 Å². The topological polar surface area (TPSA) is 81.9 Å². The fourth-order valence-corrected chi connectivity index (χ4v) is 3.14. The van der Waals surface area contributed by atoms with E-state index in [2.05, 4.69) is 20.4 Å². The average Bonchev–Trinajstić information content (AvgIpc) is 3.08. The van der Waals surface area contributed by atoms with Crippen molar-refractivity contribution in [3.05, 3.63) is 59.7 Å². The first kappa shape index (κ1) is 15.3. The molecule has 0 saturated carbocycles. The van der Waals surface area contributed by atoms with E-state index in [0.717, 1.165) is 22.2 Å². The summed E-state index contributed by atoms with van der Waals surface area (Å²) in [6, 6.07) is 9.42. The van der Waals surface area contributed by atoms with Gasteiger partial charge in [-0.25, -0.2) is 9.48 Å². The Kier molecular flexibility index (Phi) is 3.68. The minimum absolute atomic E-state index is 0.314. The van der Waals surface area contributed by atoms with Gasteiger partial charge in [-0.05, 0) is 37.6 Å². The maximum Gasteiger partial charge on any atom is 0.338 e. The monoisotopic (exact) mass is 335 g/mol. The second kappa shape index (κ2) is 6.01. The summed E-state index contributed by atoms with van der Waals surface area (Å²) in [5, 5.41) is 8.43. The molecule has 0 unspecified atom stereocenters. The fraction of sp³-hybridized carbons (Fsp3) is 0.222. The highest BCUT2D eigenvalue weighted by molar-refractivity contribution is 5.92. The van der Waals surface area contributed by atoms with Crippen LogP contribution in [0.4, 0.5) is 5.95 Å². The maximum absolute atomic E-state index is 12.6. The molecule has 3 heterocycles. The van der Waals surface area contributed by atoms with Crippen LogP contribution in [-0.2, 0) is 9.53 Å². The van der Waals surface area contributed by atoms with E-state index in [9.17, 15) is 4.79 Å². The molecule has 1 aromatic carbocycles. The van der Waals surface area contributed by atoms with E-state index in [4.69, 9.17) is 4.74 Å². The molecule has 0 spiro atoms. The Morgan fingerprint density at radius 2 is 2.20 bits per heavy atom. The molecule has 7 heteroatoms. The summed E-state index contributed by atoms with van der Waals surface area (Å²) in [5.74, 6) is 0.242. The van der Waals surface area contributed by atoms with Crippen molar-refractivity contribution in [3.8, 4) is 0 Å². The van der Waals surface area contributed by atoms with E-state index < -0.39 is 6.04 Å². The highest BCUT2D eigenvalue weighted by Gasteiger charge is 2.34. The number of ether oxygens (including phenoxy) is 1. The zero-order valence-electron chi connectivity index (χ0n) is 13.9. The predicted octanol–water partition coefficient (Wildman–Crippen LogP) is 2.68. The SMILES string of the molecule is CCOC(=O)C1=C(C)Nc2ncnn2[C@@H]1c1ccc2ncccc2c1. The van der Waals surface area contributed by atoms with Crippen molar-refractivity contribution in [3.63, 3.8) is 0 Å². The Labute approximate surface area is 144 Å². The van der Waals surface area contributed by atoms with E-state index in [-0.39, 0.29) is 5.97 Å². The van der Waals surface area contributed by atoms with Crippen LogP contribution in [-0.4, -0.2) is 32.3 Å². The second-order valence-corrected chi connectivity index (χ2v) is 5.77. The van der Waals surface area contributed by atoms with Crippen molar-refractivity contribution >= 4 is 22.8 Å². The van der Waals surface area contributed by atoms with Crippen molar-refractivity contribution in [1.29, 1.82) is 0 Å². The van der Waals surface area contributed by atoms with Crippen LogP contribution in [0.5, 0.6) is 0 Å². The van der Waals surface area contributed by atoms with Gasteiger partial charge in [0.2, 0.25) is 5.95 Å². The third-order valence-corrected chi connectivity index (χ3v) is 4.23. The highest BCUT2D eigenvalue weighted by Crippen LogP contribution is 2.36. The lowest BCUT2D eigenvalue weighted by atomic mass is 9.94. The second-order valence-electron chi connectivity index (χ2n) is 5.77. The zero-order chi connectivity index (χ0) is 17.4. The number of hydrogen-bond donors (Lipinski definition) is 1. The Morgan fingerprint density at radius 1 is 1.32 bits per heavy atom. The summed E-state index contributed by atoms with van der Waals surface area (Å²) in [5.41, 5.74) is 3.08. The van der Waals surface area contributed by atoms with Crippen molar-refractivity contribution in [2.75, 3.05) is 11.9 Å². The number of benzene rings is 1. The van der Waals surface area contributed by atoms with Crippen LogP contribution in [0.3, 0.4) is 0 Å². The van der Waals surface area contributed by atoms with Gasteiger partial charge in [-0.3, -0.25) is 4.98 Å². The molecule has 0 bridgehead atoms. The number of nitrogens with one attached hydrogen (secondary N) is 1. The summed E-state index contributed by atoms with van der Waals surface area (Å²) < 4.78 is 6.98. The van der Waals surface area contributed by atoms with Crippen molar-refractivity contribution in [2.45, 2.75) is 19.9 Å². The molecule has 0 aliphatic carbocycles. The molecule has 7 nitrogen and oxygen atoms in total. The first-order valence-corrected chi connectivity index (χ1v) is 8.08. The van der Waals surface area contributed by atoms with Gasteiger partial charge in [0.25, 0.3) is 0 Å². The molecule has 1 atom stereocenters. The van der Waals surface area contributed by atoms with Gasteiger partial charge in [0.15, 0.2) is 0 Å². The van der Waals surface area contributed by atoms with E-state index in [0.29, 0.717) is 18.1 Å². The predicted molar refractivity (Wildman–Crippen MR) is 92.9 cm³/mol. The molecule has 3 aromatic rings. The summed E-state index contributed by atoms with van der Waals surface area (Å²) in [4.78, 5) is 21.2. The van der Waals surface area contributed by atoms with Gasteiger partial charge in [0.05, 0.1) is 17.7 Å². The third kappa shape index (κ3) is 2.53. The number of aromatic nitrogens is 4. The number of nitrogens with zero attached hydrogens (tertiary/aromatic N) is 4. The van der Waals surface area contributed by atoms with Gasteiger partial charge >= 0.3 is 5.97 Å². The summed E-state index contributed by atoms with van der Waals surface area (Å²) in [7, 11) is 0. The summed E-state index contributed by atoms with van der Waals surface area (Å²) >= 11 is 0. The average molecular weight is 335 g/mol. The van der Waals surface area contributed by atoms with Crippen molar-refractivity contribution in [2.24, 2.45) is 0 Å². The van der Waals surface area contributed by atoms with Crippen molar-refractivity contribution < 1.29 is 9.53 Å². The number of anilines is 1. The molecule has 0 amide bonds. The third-order valence-electron chi connectivity index (χ3n) is 4.23. The molecule has 1 aliphatic rings. The lowest BCUT2D eigenvalue weighted by Crippen LogP contribution is -2.29. The van der Waals surface area contributed by atoms with Gasteiger partial charge in [0, 0.05) is 17.3 Å². The molecule has 1 N–H and O–H groups in total. The zero-order valence-corrected chi connectivity index (χ0v) is 13.9. The number of fused-ring (bicyclic) bond motifs is 2. The number of hydrogen-bond acceptors (Lipinski definition) is 6. The highest BCUT2D eigenvalue weighted by atomic mass is 16.5. The summed E-state index contributed by atoms with van der Waals surface area (Å²) in [6.45, 7) is 3.95. The van der Waals surface area contributed by atoms with Gasteiger partial charge in [-0.15, -0.1) is 0 Å². The number of allylic oxidation sites excluding steroid dienone is 1. The normalized spacial score (nSPS) is 16.5. The Bertz CT molecular complexity index is 992. The molecule has 25 heavy (non-hydrogen) atoms. The van der Waals surface area contributed by atoms with E-state index in [1.54, 1.807) is 17.8 Å². The summed E-state index contributed by atoms with van der Waals surface area (Å²) in [6.07, 6.45) is 3.23. The van der Waals surface area contributed by atoms with Crippen LogP contribution in [0.1, 0.15) is 25.5 Å². The smallest absolute Gasteiger partial charge is 0.338 e. The van der Waals surface area contributed by atoms with Gasteiger partial charge in [-0.1, -0.05) is 12.1 Å². The molecular weight excluding hydrogens is 318 g/mol. The van der Waals surface area contributed by atoms with Crippen molar-refractivity contribution in [1.82, 2.24) is 19.7 Å². The molecular formula is C18H17N5O2. The van der Waals surface area contributed by atoms with Crippen LogP contribution >= 0.6 is 0 Å². The number of esters is 1. The van der Waals surface area contributed by atoms with Crippen LogP contribution in [0.25, 0.3) is 10.9 Å². The van der Waals surface area contributed by atoms with Gasteiger partial charge in [-0.2, -0.15) is 10.1 Å². The minimum atomic E-state index is -0.401. The molecule has 0 saturated heterocycles. The first-order valence-electron chi connectivity index (χ1n) is 8.08. The maximum atomic E-state index is 12.6. The molecule has 4 rings (SSSR count). The Hall–Kier alpha value is -3.22.